The minimum Gasteiger partial charge on any atom is -0.402 e. The minimum atomic E-state index is 0.150. The van der Waals surface area contributed by atoms with Crippen LogP contribution in [0.5, 0.6) is 0 Å². The Morgan fingerprint density at radius 3 is 2.30 bits per heavy atom. The molecule has 3 heteroatoms. The molecule has 0 saturated carbocycles. The summed E-state index contributed by atoms with van der Waals surface area (Å²) >= 11 is 0. The minimum absolute atomic E-state index is 0.150. The van der Waals surface area contributed by atoms with E-state index in [9.17, 15) is 0 Å². The summed E-state index contributed by atoms with van der Waals surface area (Å²) in [5, 5.41) is 7.16. The Bertz CT molecular complexity index is 181. The van der Waals surface area contributed by atoms with E-state index in [4.69, 9.17) is 16.9 Å². The molecular weight excluding hydrogens is 126 g/mol. The van der Waals surface area contributed by atoms with Crippen LogP contribution in [0.2, 0.25) is 0 Å². The lowest BCUT2D eigenvalue weighted by atomic mass is 9.96. The SMILES string of the molecule is N=C(N)C1=C(N)CCCC1. The predicted octanol–water partition coefficient (Wildman–Crippen LogP) is 0.709. The average Bonchev–Trinajstić information content (AvgIpc) is 1.88. The van der Waals surface area contributed by atoms with Crippen molar-refractivity contribution in [1.82, 2.24) is 0 Å². The van der Waals surface area contributed by atoms with Gasteiger partial charge in [0.25, 0.3) is 0 Å². The quantitative estimate of drug-likeness (QED) is 0.369. The largest absolute Gasteiger partial charge is 0.402 e. The highest BCUT2D eigenvalue weighted by Gasteiger charge is 2.11. The summed E-state index contributed by atoms with van der Waals surface area (Å²) in [6.07, 6.45) is 4.06. The van der Waals surface area contributed by atoms with Gasteiger partial charge in [-0.1, -0.05) is 0 Å². The summed E-state index contributed by atoms with van der Waals surface area (Å²) < 4.78 is 0. The molecule has 0 amide bonds. The van der Waals surface area contributed by atoms with E-state index < -0.39 is 0 Å². The van der Waals surface area contributed by atoms with E-state index in [1.165, 1.54) is 0 Å². The van der Waals surface area contributed by atoms with E-state index in [-0.39, 0.29) is 5.84 Å². The molecule has 0 saturated heterocycles. The van der Waals surface area contributed by atoms with Crippen molar-refractivity contribution >= 4 is 5.84 Å². The first-order valence-electron chi connectivity index (χ1n) is 3.53. The Morgan fingerprint density at radius 1 is 1.30 bits per heavy atom. The van der Waals surface area contributed by atoms with Gasteiger partial charge >= 0.3 is 0 Å². The third-order valence-electron chi connectivity index (χ3n) is 1.84. The molecule has 0 atom stereocenters. The Labute approximate surface area is 60.6 Å². The van der Waals surface area contributed by atoms with Crippen molar-refractivity contribution in [2.45, 2.75) is 25.7 Å². The first kappa shape index (κ1) is 7.12. The van der Waals surface area contributed by atoms with Crippen LogP contribution in [0.15, 0.2) is 11.3 Å². The molecule has 56 valence electrons. The van der Waals surface area contributed by atoms with Gasteiger partial charge in [0.2, 0.25) is 0 Å². The molecule has 10 heavy (non-hydrogen) atoms. The van der Waals surface area contributed by atoms with Gasteiger partial charge in [0.15, 0.2) is 0 Å². The Hall–Kier alpha value is -0.990. The van der Waals surface area contributed by atoms with Crippen molar-refractivity contribution in [3.63, 3.8) is 0 Å². The maximum atomic E-state index is 7.16. The van der Waals surface area contributed by atoms with Gasteiger partial charge in [0.05, 0.1) is 0 Å². The highest BCUT2D eigenvalue weighted by molar-refractivity contribution is 5.95. The lowest BCUT2D eigenvalue weighted by molar-refractivity contribution is 0.681. The van der Waals surface area contributed by atoms with Crippen LogP contribution in [0, 0.1) is 5.41 Å². The topological polar surface area (TPSA) is 75.9 Å². The van der Waals surface area contributed by atoms with Gasteiger partial charge in [-0.3, -0.25) is 5.41 Å². The summed E-state index contributed by atoms with van der Waals surface area (Å²) in [6, 6.07) is 0. The van der Waals surface area contributed by atoms with E-state index in [0.717, 1.165) is 37.0 Å². The molecule has 0 heterocycles. The normalized spacial score (nSPS) is 19.2. The van der Waals surface area contributed by atoms with Gasteiger partial charge < -0.3 is 11.5 Å². The van der Waals surface area contributed by atoms with Gasteiger partial charge in [-0.2, -0.15) is 0 Å². The Balaban J connectivity index is 2.78. The van der Waals surface area contributed by atoms with Gasteiger partial charge in [-0.05, 0) is 25.7 Å². The van der Waals surface area contributed by atoms with Crippen molar-refractivity contribution in [2.24, 2.45) is 11.5 Å². The van der Waals surface area contributed by atoms with Crippen LogP contribution >= 0.6 is 0 Å². The maximum absolute atomic E-state index is 7.16. The standard InChI is InChI=1S/C7H13N3/c8-6-4-2-1-3-5(6)7(9)10/h1-4,8H2,(H3,9,10). The predicted molar refractivity (Wildman–Crippen MR) is 41.6 cm³/mol. The molecule has 0 fully saturated rings. The molecule has 3 nitrogen and oxygen atoms in total. The monoisotopic (exact) mass is 139 g/mol. The van der Waals surface area contributed by atoms with Crippen molar-refractivity contribution in [1.29, 1.82) is 5.41 Å². The van der Waals surface area contributed by atoms with Gasteiger partial charge in [-0.15, -0.1) is 0 Å². The van der Waals surface area contributed by atoms with E-state index >= 15 is 0 Å². The molecule has 0 spiro atoms. The second-order valence-corrected chi connectivity index (χ2v) is 2.62. The van der Waals surface area contributed by atoms with E-state index in [0.29, 0.717) is 0 Å². The van der Waals surface area contributed by atoms with Crippen molar-refractivity contribution in [3.8, 4) is 0 Å². The molecule has 0 bridgehead atoms. The van der Waals surface area contributed by atoms with Crippen molar-refractivity contribution < 1.29 is 0 Å². The average molecular weight is 139 g/mol. The lowest BCUT2D eigenvalue weighted by Crippen LogP contribution is -2.20. The highest BCUT2D eigenvalue weighted by atomic mass is 14.7. The van der Waals surface area contributed by atoms with Crippen LogP contribution in [-0.2, 0) is 0 Å². The first-order chi connectivity index (χ1) is 4.72. The van der Waals surface area contributed by atoms with Crippen LogP contribution in [-0.4, -0.2) is 5.84 Å². The smallest absolute Gasteiger partial charge is 0.120 e. The number of allylic oxidation sites excluding steroid dienone is 1. The summed E-state index contributed by atoms with van der Waals surface area (Å²) in [4.78, 5) is 0. The number of hydrogen-bond acceptors (Lipinski definition) is 2. The van der Waals surface area contributed by atoms with E-state index in [2.05, 4.69) is 0 Å². The highest BCUT2D eigenvalue weighted by Crippen LogP contribution is 2.20. The molecule has 0 aliphatic heterocycles. The number of nitrogens with two attached hydrogens (primary N) is 2. The molecule has 1 aliphatic carbocycles. The number of nitrogens with one attached hydrogen (secondary N) is 1. The summed E-state index contributed by atoms with van der Waals surface area (Å²) in [5.74, 6) is 0.150. The Kier molecular flexibility index (Phi) is 1.94. The second kappa shape index (κ2) is 2.73. The van der Waals surface area contributed by atoms with Gasteiger partial charge in [0, 0.05) is 11.3 Å². The molecular formula is C7H13N3. The third kappa shape index (κ3) is 1.29. The summed E-state index contributed by atoms with van der Waals surface area (Å²) in [7, 11) is 0. The third-order valence-corrected chi connectivity index (χ3v) is 1.84. The number of amidine groups is 1. The molecule has 0 radical (unpaired) electrons. The lowest BCUT2D eigenvalue weighted by Gasteiger charge is -2.15. The Morgan fingerprint density at radius 2 is 1.90 bits per heavy atom. The van der Waals surface area contributed by atoms with E-state index in [1.54, 1.807) is 0 Å². The van der Waals surface area contributed by atoms with Gasteiger partial charge in [-0.25, -0.2) is 0 Å². The molecule has 1 aliphatic rings. The maximum Gasteiger partial charge on any atom is 0.120 e. The van der Waals surface area contributed by atoms with Crippen molar-refractivity contribution in [2.75, 3.05) is 0 Å². The molecule has 1 rings (SSSR count). The zero-order chi connectivity index (χ0) is 7.56. The van der Waals surface area contributed by atoms with E-state index in [1.807, 2.05) is 0 Å². The number of hydrogen-bond donors (Lipinski definition) is 3. The fraction of sp³-hybridized carbons (Fsp3) is 0.571. The van der Waals surface area contributed by atoms with Crippen LogP contribution < -0.4 is 11.5 Å². The van der Waals surface area contributed by atoms with Crippen molar-refractivity contribution in [3.05, 3.63) is 11.3 Å². The summed E-state index contributed by atoms with van der Waals surface area (Å²) in [6.45, 7) is 0. The molecule has 5 N–H and O–H groups in total. The molecule has 0 aromatic heterocycles. The first-order valence-corrected chi connectivity index (χ1v) is 3.53. The molecule has 0 aromatic carbocycles. The fourth-order valence-electron chi connectivity index (χ4n) is 1.24. The zero-order valence-corrected chi connectivity index (χ0v) is 5.98. The van der Waals surface area contributed by atoms with Crippen LogP contribution in [0.25, 0.3) is 0 Å². The number of rotatable bonds is 1. The van der Waals surface area contributed by atoms with Gasteiger partial charge in [0.1, 0.15) is 5.84 Å². The fourth-order valence-corrected chi connectivity index (χ4v) is 1.24. The van der Waals surface area contributed by atoms with Crippen LogP contribution in [0.4, 0.5) is 0 Å². The van der Waals surface area contributed by atoms with Crippen LogP contribution in [0.3, 0.4) is 0 Å². The van der Waals surface area contributed by atoms with Crippen LogP contribution in [0.1, 0.15) is 25.7 Å². The molecule has 0 aromatic rings. The molecule has 0 unspecified atom stereocenters. The zero-order valence-electron chi connectivity index (χ0n) is 5.98. The summed E-state index contributed by atoms with van der Waals surface area (Å²) in [5.41, 5.74) is 12.6. The second-order valence-electron chi connectivity index (χ2n) is 2.62.